The van der Waals surface area contributed by atoms with Gasteiger partial charge in [-0.3, -0.25) is 14.9 Å². The average molecular weight is 419 g/mol. The van der Waals surface area contributed by atoms with Crippen molar-refractivity contribution in [3.8, 4) is 16.3 Å². The van der Waals surface area contributed by atoms with Gasteiger partial charge in [-0.25, -0.2) is 4.98 Å². The summed E-state index contributed by atoms with van der Waals surface area (Å²) >= 11 is 1.65. The molecule has 0 bridgehead atoms. The second kappa shape index (κ2) is 8.71. The Morgan fingerprint density at radius 3 is 2.47 bits per heavy atom. The standard InChI is InChI=1S/C22H17N3O4S/c26-21(14-29-18-11-9-17(10-12-18)25(27)28)23-13-15-5-7-16(8-6-15)22-24-19-3-1-2-4-20(19)30-22/h1-12H,13-14H2,(H,23,26). The number of para-hydroxylation sites is 1. The van der Waals surface area contributed by atoms with E-state index < -0.39 is 4.92 Å². The molecule has 0 unspecified atom stereocenters. The van der Waals surface area contributed by atoms with E-state index in [2.05, 4.69) is 16.4 Å². The fraction of sp³-hybridized carbons (Fsp3) is 0.0909. The number of benzene rings is 3. The lowest BCUT2D eigenvalue weighted by Crippen LogP contribution is -2.28. The molecule has 0 aliphatic heterocycles. The molecule has 3 aromatic carbocycles. The van der Waals surface area contributed by atoms with E-state index in [1.54, 1.807) is 11.3 Å². The Kier molecular flexibility index (Phi) is 5.67. The van der Waals surface area contributed by atoms with E-state index in [-0.39, 0.29) is 18.2 Å². The zero-order chi connectivity index (χ0) is 20.9. The highest BCUT2D eigenvalue weighted by Gasteiger charge is 2.08. The van der Waals surface area contributed by atoms with Gasteiger partial charge in [-0.1, -0.05) is 36.4 Å². The monoisotopic (exact) mass is 419 g/mol. The molecule has 30 heavy (non-hydrogen) atoms. The molecule has 0 radical (unpaired) electrons. The molecule has 0 spiro atoms. The highest BCUT2D eigenvalue weighted by Crippen LogP contribution is 2.30. The first-order valence-corrected chi connectivity index (χ1v) is 9.99. The molecular formula is C22H17N3O4S. The molecule has 0 aliphatic carbocycles. The summed E-state index contributed by atoms with van der Waals surface area (Å²) in [6, 6.07) is 21.5. The van der Waals surface area contributed by atoms with Crippen LogP contribution < -0.4 is 10.1 Å². The van der Waals surface area contributed by atoms with Crippen LogP contribution in [0.25, 0.3) is 20.8 Å². The van der Waals surface area contributed by atoms with Gasteiger partial charge in [0.2, 0.25) is 0 Å². The van der Waals surface area contributed by atoms with E-state index in [0.717, 1.165) is 26.4 Å². The lowest BCUT2D eigenvalue weighted by atomic mass is 10.1. The van der Waals surface area contributed by atoms with Crippen molar-refractivity contribution >= 4 is 33.1 Å². The number of carbonyl (C=O) groups is 1. The number of hydrogen-bond donors (Lipinski definition) is 1. The van der Waals surface area contributed by atoms with Crippen LogP contribution in [0.3, 0.4) is 0 Å². The van der Waals surface area contributed by atoms with Gasteiger partial charge in [0.1, 0.15) is 10.8 Å². The average Bonchev–Trinajstić information content (AvgIpc) is 3.21. The van der Waals surface area contributed by atoms with Crippen molar-refractivity contribution in [3.63, 3.8) is 0 Å². The quantitative estimate of drug-likeness (QED) is 0.350. The molecule has 0 saturated carbocycles. The number of ether oxygens (including phenoxy) is 1. The van der Waals surface area contributed by atoms with Gasteiger partial charge in [-0.2, -0.15) is 0 Å². The van der Waals surface area contributed by atoms with Crippen LogP contribution in [0.15, 0.2) is 72.8 Å². The van der Waals surface area contributed by atoms with Crippen molar-refractivity contribution < 1.29 is 14.5 Å². The molecule has 150 valence electrons. The van der Waals surface area contributed by atoms with E-state index >= 15 is 0 Å². The number of fused-ring (bicyclic) bond motifs is 1. The molecule has 1 N–H and O–H groups in total. The van der Waals surface area contributed by atoms with Crippen molar-refractivity contribution in [2.45, 2.75) is 6.54 Å². The summed E-state index contributed by atoms with van der Waals surface area (Å²) in [7, 11) is 0. The Balaban J connectivity index is 1.29. The van der Waals surface area contributed by atoms with Crippen LogP contribution in [-0.2, 0) is 11.3 Å². The first-order chi connectivity index (χ1) is 14.6. The van der Waals surface area contributed by atoms with E-state index in [1.807, 2.05) is 42.5 Å². The second-order valence-electron chi connectivity index (χ2n) is 6.50. The normalized spacial score (nSPS) is 10.7. The highest BCUT2D eigenvalue weighted by molar-refractivity contribution is 7.21. The molecule has 1 amide bonds. The number of nitrogens with zero attached hydrogens (tertiary/aromatic N) is 2. The number of nitro groups is 1. The van der Waals surface area contributed by atoms with Crippen molar-refractivity contribution in [2.75, 3.05) is 6.61 Å². The van der Waals surface area contributed by atoms with Gasteiger partial charge in [0.25, 0.3) is 11.6 Å². The first-order valence-electron chi connectivity index (χ1n) is 9.17. The van der Waals surface area contributed by atoms with Crippen molar-refractivity contribution in [1.82, 2.24) is 10.3 Å². The van der Waals surface area contributed by atoms with E-state index in [4.69, 9.17) is 4.74 Å². The molecule has 4 aromatic rings. The summed E-state index contributed by atoms with van der Waals surface area (Å²) in [5, 5.41) is 14.4. The Hall–Kier alpha value is -3.78. The van der Waals surface area contributed by atoms with Crippen molar-refractivity contribution in [3.05, 3.63) is 88.5 Å². The number of hydrogen-bond acceptors (Lipinski definition) is 6. The maximum atomic E-state index is 12.0. The summed E-state index contributed by atoms with van der Waals surface area (Å²) < 4.78 is 6.51. The van der Waals surface area contributed by atoms with Gasteiger partial charge >= 0.3 is 0 Å². The SMILES string of the molecule is O=C(COc1ccc([N+](=O)[O-])cc1)NCc1ccc(-c2nc3ccccc3s2)cc1. The van der Waals surface area contributed by atoms with E-state index in [9.17, 15) is 14.9 Å². The first kappa shape index (κ1) is 19.5. The van der Waals surface area contributed by atoms with Crippen LogP contribution in [0.1, 0.15) is 5.56 Å². The highest BCUT2D eigenvalue weighted by atomic mass is 32.1. The van der Waals surface area contributed by atoms with Crippen LogP contribution in [-0.4, -0.2) is 22.4 Å². The third-order valence-electron chi connectivity index (χ3n) is 4.40. The van der Waals surface area contributed by atoms with E-state index in [1.165, 1.54) is 24.3 Å². The zero-order valence-corrected chi connectivity index (χ0v) is 16.6. The number of nitro benzene ring substituents is 1. The van der Waals surface area contributed by atoms with Crippen molar-refractivity contribution in [2.24, 2.45) is 0 Å². The minimum absolute atomic E-state index is 0.0268. The lowest BCUT2D eigenvalue weighted by Gasteiger charge is -2.08. The zero-order valence-electron chi connectivity index (χ0n) is 15.8. The van der Waals surface area contributed by atoms with Gasteiger partial charge < -0.3 is 10.1 Å². The Morgan fingerprint density at radius 1 is 1.03 bits per heavy atom. The van der Waals surface area contributed by atoms with Gasteiger partial charge in [-0.05, 0) is 29.8 Å². The fourth-order valence-corrected chi connectivity index (χ4v) is 3.80. The second-order valence-corrected chi connectivity index (χ2v) is 7.53. The topological polar surface area (TPSA) is 94.4 Å². The predicted molar refractivity (Wildman–Crippen MR) is 115 cm³/mol. The predicted octanol–water partition coefficient (Wildman–Crippen LogP) is 4.57. The van der Waals surface area contributed by atoms with Crippen LogP contribution in [0.4, 0.5) is 5.69 Å². The Morgan fingerprint density at radius 2 is 1.77 bits per heavy atom. The number of rotatable bonds is 7. The number of thiazole rings is 1. The van der Waals surface area contributed by atoms with Crippen LogP contribution in [0.2, 0.25) is 0 Å². The molecule has 8 heteroatoms. The van der Waals surface area contributed by atoms with Crippen LogP contribution in [0, 0.1) is 10.1 Å². The van der Waals surface area contributed by atoms with Crippen LogP contribution >= 0.6 is 11.3 Å². The Labute approximate surface area is 176 Å². The molecule has 4 rings (SSSR count). The van der Waals surface area contributed by atoms with E-state index in [0.29, 0.717) is 12.3 Å². The Bertz CT molecular complexity index is 1150. The number of amides is 1. The number of carbonyl (C=O) groups excluding carboxylic acids is 1. The van der Waals surface area contributed by atoms with Gasteiger partial charge in [-0.15, -0.1) is 11.3 Å². The largest absolute Gasteiger partial charge is 0.484 e. The molecule has 0 fully saturated rings. The molecule has 1 heterocycles. The van der Waals surface area contributed by atoms with Crippen LogP contribution in [0.5, 0.6) is 5.75 Å². The smallest absolute Gasteiger partial charge is 0.269 e. The summed E-state index contributed by atoms with van der Waals surface area (Å²) in [5.74, 6) is 0.125. The van der Waals surface area contributed by atoms with Crippen molar-refractivity contribution in [1.29, 1.82) is 0 Å². The molecule has 0 atom stereocenters. The maximum Gasteiger partial charge on any atom is 0.269 e. The molecular weight excluding hydrogens is 402 g/mol. The fourth-order valence-electron chi connectivity index (χ4n) is 2.83. The summed E-state index contributed by atoms with van der Waals surface area (Å²) in [6.45, 7) is 0.212. The number of non-ortho nitro benzene ring substituents is 1. The summed E-state index contributed by atoms with van der Waals surface area (Å²) in [5.41, 5.74) is 2.96. The molecule has 1 aromatic heterocycles. The third-order valence-corrected chi connectivity index (χ3v) is 5.49. The lowest BCUT2D eigenvalue weighted by molar-refractivity contribution is -0.384. The molecule has 0 aliphatic rings. The summed E-state index contributed by atoms with van der Waals surface area (Å²) in [6.07, 6.45) is 0. The van der Waals surface area contributed by atoms with Gasteiger partial charge in [0, 0.05) is 24.2 Å². The number of aromatic nitrogens is 1. The van der Waals surface area contributed by atoms with Gasteiger partial charge in [0.05, 0.1) is 15.1 Å². The maximum absolute atomic E-state index is 12.0. The third kappa shape index (κ3) is 4.61. The summed E-state index contributed by atoms with van der Waals surface area (Å²) in [4.78, 5) is 26.8. The van der Waals surface area contributed by atoms with Gasteiger partial charge in [0.15, 0.2) is 6.61 Å². The molecule has 0 saturated heterocycles. The molecule has 7 nitrogen and oxygen atoms in total. The minimum Gasteiger partial charge on any atom is -0.484 e. The minimum atomic E-state index is -0.488. The number of nitrogens with one attached hydrogen (secondary N) is 1.